The Morgan fingerprint density at radius 2 is 1.70 bits per heavy atom. The summed E-state index contributed by atoms with van der Waals surface area (Å²) < 4.78 is 31.7. The molecule has 0 aromatic carbocycles. The summed E-state index contributed by atoms with van der Waals surface area (Å²) in [5.41, 5.74) is 2.59. The number of alkyl halides is 2. The van der Waals surface area contributed by atoms with Gasteiger partial charge in [0.1, 0.15) is 0 Å². The summed E-state index contributed by atoms with van der Waals surface area (Å²) in [7, 11) is 0. The molecule has 11 heteroatoms. The molecule has 5 rings (SSSR count). The lowest BCUT2D eigenvalue weighted by Gasteiger charge is -2.33. The van der Waals surface area contributed by atoms with Crippen LogP contribution in [0, 0.1) is 18.8 Å². The van der Waals surface area contributed by atoms with Crippen LogP contribution in [0.25, 0.3) is 5.78 Å². The van der Waals surface area contributed by atoms with Gasteiger partial charge in [0, 0.05) is 43.9 Å². The highest BCUT2D eigenvalue weighted by Gasteiger charge is 2.40. The maximum absolute atomic E-state index is 14.0. The highest BCUT2D eigenvalue weighted by Crippen LogP contribution is 2.42. The molecule has 2 aliphatic rings. The van der Waals surface area contributed by atoms with Crippen molar-refractivity contribution in [1.29, 1.82) is 0 Å². The van der Waals surface area contributed by atoms with Crippen molar-refractivity contribution in [2.24, 2.45) is 11.8 Å². The molecule has 0 spiro atoms. The van der Waals surface area contributed by atoms with Crippen molar-refractivity contribution in [2.45, 2.75) is 103 Å². The highest BCUT2D eigenvalue weighted by atomic mass is 19.3. The molecule has 216 valence electrons. The maximum atomic E-state index is 14.0. The molecule has 0 aliphatic heterocycles. The van der Waals surface area contributed by atoms with E-state index < -0.39 is 12.0 Å². The van der Waals surface area contributed by atoms with Crippen LogP contribution in [0.4, 0.5) is 8.78 Å². The Morgan fingerprint density at radius 3 is 2.38 bits per heavy atom. The number of aryl methyl sites for hydroxylation is 1. The molecule has 0 unspecified atom stereocenters. The lowest BCUT2D eigenvalue weighted by molar-refractivity contribution is -0.122. The number of nitrogens with one attached hydrogen (secondary N) is 2. The fourth-order valence-electron chi connectivity index (χ4n) is 5.72. The van der Waals surface area contributed by atoms with Crippen molar-refractivity contribution in [3.05, 3.63) is 47.3 Å². The van der Waals surface area contributed by atoms with E-state index in [9.17, 15) is 18.4 Å². The molecule has 3 aromatic heterocycles. The Balaban J connectivity index is 1.43. The first kappa shape index (κ1) is 28.2. The first-order valence-electron chi connectivity index (χ1n) is 14.5. The average molecular weight is 556 g/mol. The van der Waals surface area contributed by atoms with Gasteiger partial charge in [-0.05, 0) is 63.4 Å². The minimum atomic E-state index is -2.68. The fourth-order valence-corrected chi connectivity index (χ4v) is 5.72. The molecule has 9 nitrogen and oxygen atoms in total. The van der Waals surface area contributed by atoms with E-state index >= 15 is 0 Å². The smallest absolute Gasteiger partial charge is 0.255 e. The topological polar surface area (TPSA) is 106 Å². The van der Waals surface area contributed by atoms with Crippen molar-refractivity contribution in [1.82, 2.24) is 34.8 Å². The van der Waals surface area contributed by atoms with Gasteiger partial charge in [0.2, 0.25) is 17.6 Å². The molecule has 40 heavy (non-hydrogen) atoms. The quantitative estimate of drug-likeness (QED) is 0.334. The molecule has 2 fully saturated rings. The zero-order valence-corrected chi connectivity index (χ0v) is 23.5. The van der Waals surface area contributed by atoms with E-state index in [1.54, 1.807) is 15.3 Å². The summed E-state index contributed by atoms with van der Waals surface area (Å²) in [6.45, 7) is 6.59. The second-order valence-electron chi connectivity index (χ2n) is 11.4. The number of carbonyl (C=O) groups is 2. The summed E-state index contributed by atoms with van der Waals surface area (Å²) in [4.78, 5) is 35.4. The molecule has 2 saturated carbocycles. The molecule has 0 saturated heterocycles. The molecular weight excluding hydrogens is 516 g/mol. The van der Waals surface area contributed by atoms with Gasteiger partial charge >= 0.3 is 0 Å². The molecule has 0 bridgehead atoms. The van der Waals surface area contributed by atoms with E-state index in [4.69, 9.17) is 9.97 Å². The van der Waals surface area contributed by atoms with Gasteiger partial charge in [-0.15, -0.1) is 0 Å². The Hall–Kier alpha value is -3.37. The highest BCUT2D eigenvalue weighted by molar-refractivity contribution is 5.95. The van der Waals surface area contributed by atoms with E-state index in [1.165, 1.54) is 0 Å². The summed E-state index contributed by atoms with van der Waals surface area (Å²) >= 11 is 0. The van der Waals surface area contributed by atoms with Crippen LogP contribution < -0.4 is 10.6 Å². The SMILES string of the molecule is CCCC(=O)N[C@@H](c1ccn2cc([C@@H](NC(=O)c3cnn(CCC)c3C)C3CCC(F)(F)CC3)nc2n1)C1CC1. The molecule has 0 radical (unpaired) electrons. The van der Waals surface area contributed by atoms with Crippen molar-refractivity contribution in [2.75, 3.05) is 0 Å². The van der Waals surface area contributed by atoms with Crippen molar-refractivity contribution < 1.29 is 18.4 Å². The Bertz CT molecular complexity index is 1350. The van der Waals surface area contributed by atoms with E-state index in [-0.39, 0.29) is 49.5 Å². The van der Waals surface area contributed by atoms with Crippen LogP contribution in [0.2, 0.25) is 0 Å². The number of fused-ring (bicyclic) bond motifs is 1. The van der Waals surface area contributed by atoms with Crippen molar-refractivity contribution in [3.8, 4) is 0 Å². The Morgan fingerprint density at radius 1 is 1.02 bits per heavy atom. The van der Waals surface area contributed by atoms with Gasteiger partial charge in [0.05, 0.1) is 35.2 Å². The minimum Gasteiger partial charge on any atom is -0.347 e. The van der Waals surface area contributed by atoms with Crippen molar-refractivity contribution in [3.63, 3.8) is 0 Å². The van der Waals surface area contributed by atoms with E-state index in [1.807, 2.05) is 39.2 Å². The van der Waals surface area contributed by atoms with Gasteiger partial charge in [-0.2, -0.15) is 5.10 Å². The van der Waals surface area contributed by atoms with Gasteiger partial charge in [0.25, 0.3) is 5.91 Å². The summed E-state index contributed by atoms with van der Waals surface area (Å²) in [6, 6.07) is 1.18. The van der Waals surface area contributed by atoms with Crippen molar-refractivity contribution >= 4 is 17.6 Å². The molecular formula is C29H39F2N7O2. The molecule has 2 amide bonds. The van der Waals surface area contributed by atoms with Gasteiger partial charge in [0.15, 0.2) is 0 Å². The Kier molecular flexibility index (Phi) is 8.19. The number of aromatic nitrogens is 5. The number of halogens is 2. The lowest BCUT2D eigenvalue weighted by atomic mass is 9.81. The van der Waals surface area contributed by atoms with Crippen LogP contribution >= 0.6 is 0 Å². The zero-order chi connectivity index (χ0) is 28.4. The van der Waals surface area contributed by atoms with Gasteiger partial charge < -0.3 is 10.6 Å². The number of nitrogens with zero attached hydrogens (tertiary/aromatic N) is 5. The third-order valence-electron chi connectivity index (χ3n) is 8.19. The summed E-state index contributed by atoms with van der Waals surface area (Å²) in [5, 5.41) is 10.6. The largest absolute Gasteiger partial charge is 0.347 e. The van der Waals surface area contributed by atoms with Crippen LogP contribution in [-0.2, 0) is 11.3 Å². The zero-order valence-electron chi connectivity index (χ0n) is 23.5. The number of rotatable bonds is 11. The standard InChI is InChI=1S/C29H39F2N7O2/c1-4-6-24(39)35-25(19-7-8-19)22-11-15-37-17-23(34-28(37)33-22)26(20-9-12-29(30,31)13-10-20)36-27(40)21-16-32-38(14-5-2)18(21)3/h11,15-17,19-20,25-26H,4-10,12-14H2,1-3H3,(H,35,39)(H,36,40)/t25-,26+/m1/s1. The molecule has 2 atom stereocenters. The number of hydrogen-bond donors (Lipinski definition) is 2. The predicted molar refractivity (Wildman–Crippen MR) is 146 cm³/mol. The average Bonchev–Trinajstić information content (AvgIpc) is 3.57. The first-order valence-corrected chi connectivity index (χ1v) is 14.5. The molecule has 3 aromatic rings. The van der Waals surface area contributed by atoms with Crippen LogP contribution in [0.15, 0.2) is 24.7 Å². The van der Waals surface area contributed by atoms with Gasteiger partial charge in [-0.25, -0.2) is 18.7 Å². The van der Waals surface area contributed by atoms with Gasteiger partial charge in [-0.1, -0.05) is 13.8 Å². The van der Waals surface area contributed by atoms with E-state index in [0.717, 1.165) is 37.1 Å². The van der Waals surface area contributed by atoms with Crippen LogP contribution in [0.3, 0.4) is 0 Å². The second-order valence-corrected chi connectivity index (χ2v) is 11.4. The molecule has 2 N–H and O–H groups in total. The summed E-state index contributed by atoms with van der Waals surface area (Å²) in [5.74, 6) is -2.34. The number of imidazole rings is 1. The second kappa shape index (κ2) is 11.6. The molecule has 2 aliphatic carbocycles. The van der Waals surface area contributed by atoms with Crippen LogP contribution in [0.1, 0.15) is 111 Å². The maximum Gasteiger partial charge on any atom is 0.255 e. The third kappa shape index (κ3) is 6.18. The predicted octanol–water partition coefficient (Wildman–Crippen LogP) is 5.31. The Labute approximate surface area is 233 Å². The number of carbonyl (C=O) groups excluding carboxylic acids is 2. The van der Waals surface area contributed by atoms with Crippen LogP contribution in [0.5, 0.6) is 0 Å². The minimum absolute atomic E-state index is 0.0135. The number of amides is 2. The fraction of sp³-hybridized carbons (Fsp3) is 0.621. The van der Waals surface area contributed by atoms with Gasteiger partial charge in [-0.3, -0.25) is 18.7 Å². The monoisotopic (exact) mass is 555 g/mol. The van der Waals surface area contributed by atoms with E-state index in [2.05, 4.69) is 15.7 Å². The van der Waals surface area contributed by atoms with Crippen LogP contribution in [-0.4, -0.2) is 41.9 Å². The molecule has 3 heterocycles. The van der Waals surface area contributed by atoms with E-state index in [0.29, 0.717) is 35.9 Å². The first-order chi connectivity index (χ1) is 19.2. The lowest BCUT2D eigenvalue weighted by Crippen LogP contribution is -2.37. The summed E-state index contributed by atoms with van der Waals surface area (Å²) in [6.07, 6.45) is 9.60. The normalized spacial score (nSPS) is 18.9. The third-order valence-corrected chi connectivity index (χ3v) is 8.19. The number of hydrogen-bond acceptors (Lipinski definition) is 5.